The molecule has 22 valence electrons. The molecule has 0 aliphatic rings. The van der Waals surface area contributed by atoms with Crippen molar-refractivity contribution in [1.82, 2.24) is 0 Å². The van der Waals surface area contributed by atoms with E-state index in [1.54, 1.807) is 0 Å². The molecular weight excluding hydrogens is 54.0 g/mol. The first-order chi connectivity index (χ1) is 3.06. The van der Waals surface area contributed by atoms with Crippen molar-refractivity contribution in [3.63, 3.8) is 0 Å². The minimum atomic E-state index is -2.50. The van der Waals surface area contributed by atoms with Gasteiger partial charge in [0.15, 0.2) is 0 Å². The van der Waals surface area contributed by atoms with E-state index in [1.165, 1.54) is 0 Å². The molecule has 0 fully saturated rings. The molecule has 0 radical (unpaired) electrons. The van der Waals surface area contributed by atoms with E-state index in [2.05, 4.69) is 4.99 Å². The molecule has 0 amide bonds. The van der Waals surface area contributed by atoms with Crippen LogP contribution < -0.4 is 0 Å². The van der Waals surface area contributed by atoms with Gasteiger partial charge in [-0.05, 0) is 0 Å². The summed E-state index contributed by atoms with van der Waals surface area (Å²) in [5.74, 6) is 0. The van der Waals surface area contributed by atoms with Gasteiger partial charge in [0.05, 0.1) is 0 Å². The summed E-state index contributed by atoms with van der Waals surface area (Å²) >= 11 is 0. The van der Waals surface area contributed by atoms with E-state index in [0.717, 1.165) is 6.08 Å². The lowest BCUT2D eigenvalue weighted by Gasteiger charge is -1.36. The van der Waals surface area contributed by atoms with Crippen molar-refractivity contribution in [3.05, 3.63) is 0 Å². The van der Waals surface area contributed by atoms with Gasteiger partial charge in [-0.2, -0.15) is 0 Å². The van der Waals surface area contributed by atoms with Crippen LogP contribution in [0.5, 0.6) is 0 Å². The van der Waals surface area contributed by atoms with Crippen LogP contribution in [0.25, 0.3) is 0 Å². The minimum absolute atomic E-state index is 0.920. The molecule has 0 aromatic carbocycles. The molecule has 0 spiro atoms. The molecule has 0 unspecified atom stereocenters. The highest BCUT2D eigenvalue weighted by molar-refractivity contribution is 5.32. The van der Waals surface area contributed by atoms with Gasteiger partial charge in [0.1, 0.15) is 0 Å². The first-order valence-electron chi connectivity index (χ1n) is 2.15. The molecule has 0 N–H and O–H groups in total. The molecule has 0 saturated carbocycles. The summed E-state index contributed by atoms with van der Waals surface area (Å²) in [6, 6.07) is 0. The summed E-state index contributed by atoms with van der Waals surface area (Å²) in [5.41, 5.74) is 0. The van der Waals surface area contributed by atoms with E-state index in [4.69, 9.17) is 8.91 Å². The smallest absolute Gasteiger partial charge is 0.211 e. The van der Waals surface area contributed by atoms with Gasteiger partial charge in [0.2, 0.25) is 6.08 Å². The Morgan fingerprint density at radius 3 is 3.25 bits per heavy atom. The number of rotatable bonds is 0. The predicted octanol–water partition coefficient (Wildman–Crippen LogP) is -0.0480. The Bertz CT molecular complexity index is 100.0. The van der Waals surface area contributed by atoms with Gasteiger partial charge < -0.3 is 0 Å². The molecule has 0 bridgehead atoms. The van der Waals surface area contributed by atoms with E-state index >= 15 is 0 Å². The summed E-state index contributed by atoms with van der Waals surface area (Å²) in [5, 5.41) is 0. The third-order valence-electron chi connectivity index (χ3n) is 0.0456. The molecule has 2 heteroatoms. The first-order valence-corrected chi connectivity index (χ1v) is 0.651. The van der Waals surface area contributed by atoms with Crippen molar-refractivity contribution in [3.8, 4) is 0 Å². The molecule has 0 aliphatic carbocycles. The summed E-state index contributed by atoms with van der Waals surface area (Å²) < 4.78 is 18.7. The van der Waals surface area contributed by atoms with E-state index in [9.17, 15) is 0 Å². The highest BCUT2D eigenvalue weighted by Gasteiger charge is 1.29. The Morgan fingerprint density at radius 2 is 3.25 bits per heavy atom. The van der Waals surface area contributed by atoms with Crippen LogP contribution >= 0.6 is 0 Å². The minimum Gasteiger partial charge on any atom is -0.211 e. The zero-order chi connectivity index (χ0) is 5.91. The van der Waals surface area contributed by atoms with Crippen LogP contribution in [-0.2, 0) is 4.79 Å². The van der Waals surface area contributed by atoms with Crippen LogP contribution in [0.3, 0.4) is 0 Å². The van der Waals surface area contributed by atoms with Gasteiger partial charge in [-0.3, -0.25) is 0 Å². The van der Waals surface area contributed by atoms with Crippen LogP contribution in [0.15, 0.2) is 4.99 Å². The fraction of sp³-hybridized carbons (Fsp3) is 0.500. The molecule has 0 aromatic heterocycles. The topological polar surface area (TPSA) is 29.4 Å². The fourth-order valence-electron chi connectivity index (χ4n) is 0. The van der Waals surface area contributed by atoms with Crippen LogP contribution in [0, 0.1) is 0 Å². The molecule has 0 aliphatic heterocycles. The summed E-state index contributed by atoms with van der Waals surface area (Å²) in [6.45, 7) is -2.50. The number of nitrogens with zero attached hydrogens (tertiary/aromatic N) is 1. The Labute approximate surface area is 28.4 Å². The third-order valence-corrected chi connectivity index (χ3v) is 0.0456. The van der Waals surface area contributed by atoms with Crippen molar-refractivity contribution in [1.29, 1.82) is 0 Å². The zero-order valence-electron chi connectivity index (χ0n) is 4.86. The van der Waals surface area contributed by atoms with Gasteiger partial charge >= 0.3 is 0 Å². The number of aliphatic imine (C=N–C) groups is 1. The molecule has 4 heavy (non-hydrogen) atoms. The Kier molecular flexibility index (Phi) is 0.394. The average molecular weight is 60.1 g/mol. The third kappa shape index (κ3) is 1.38. The van der Waals surface area contributed by atoms with E-state index in [1.807, 2.05) is 0 Å². The van der Waals surface area contributed by atoms with Crippen molar-refractivity contribution in [2.75, 3.05) is 6.98 Å². The Hall–Kier alpha value is -0.620. The number of carbonyl (C=O) groups excluding carboxylic acids is 1. The van der Waals surface area contributed by atoms with Crippen LogP contribution in [0.2, 0.25) is 0 Å². The Morgan fingerprint density at radius 1 is 2.50 bits per heavy atom. The van der Waals surface area contributed by atoms with E-state index in [0.29, 0.717) is 0 Å². The van der Waals surface area contributed by atoms with Gasteiger partial charge in [-0.25, -0.2) is 9.79 Å². The summed E-state index contributed by atoms with van der Waals surface area (Å²) in [7, 11) is 0. The maximum Gasteiger partial charge on any atom is 0.234 e. The maximum atomic E-state index is 9.17. The normalized spacial score (nSPS) is 18.5. The van der Waals surface area contributed by atoms with Crippen LogP contribution in [0.1, 0.15) is 4.11 Å². The lowest BCUT2D eigenvalue weighted by atomic mass is 11.4. The number of hydrogen-bond donors (Lipinski definition) is 0. The van der Waals surface area contributed by atoms with Gasteiger partial charge in [-0.15, -0.1) is 0 Å². The lowest BCUT2D eigenvalue weighted by molar-refractivity contribution is 0.564. The SMILES string of the molecule is [2H]C([2H])([2H])N=C=O. The maximum absolute atomic E-state index is 9.17. The predicted molar refractivity (Wildman–Crippen MR) is 14.0 cm³/mol. The highest BCUT2D eigenvalue weighted by atomic mass is 16.1. The average Bonchev–Trinajstić information content (AvgIpc) is 1.30. The second kappa shape index (κ2) is 2.38. The van der Waals surface area contributed by atoms with Gasteiger partial charge in [0, 0.05) is 11.1 Å². The molecule has 0 atom stereocenters. The molecule has 0 saturated heterocycles. The second-order valence-corrected chi connectivity index (χ2v) is 0.203. The first kappa shape index (κ1) is 0.661. The van der Waals surface area contributed by atoms with E-state index in [-0.39, 0.29) is 0 Å². The number of hydrogen-bond acceptors (Lipinski definition) is 2. The van der Waals surface area contributed by atoms with Crippen LogP contribution in [0.4, 0.5) is 0 Å². The van der Waals surface area contributed by atoms with E-state index < -0.39 is 6.98 Å². The quantitative estimate of drug-likeness (QED) is 0.285. The second-order valence-electron chi connectivity index (χ2n) is 0.203. The molecule has 2 nitrogen and oxygen atoms in total. The summed E-state index contributed by atoms with van der Waals surface area (Å²) in [4.78, 5) is 11.6. The monoisotopic (exact) mass is 60.0 g/mol. The van der Waals surface area contributed by atoms with Crippen molar-refractivity contribution < 1.29 is 8.91 Å². The standard InChI is InChI=1S/C2H3NO/c1-3-2-4/h1H3/i1D3. The van der Waals surface area contributed by atoms with Crippen LogP contribution in [-0.4, -0.2) is 13.1 Å². The molecule has 0 heterocycles. The Balaban J connectivity index is 3.80. The van der Waals surface area contributed by atoms with Gasteiger partial charge in [0.25, 0.3) is 0 Å². The fourth-order valence-corrected chi connectivity index (χ4v) is 0. The zero-order valence-corrected chi connectivity index (χ0v) is 1.86. The van der Waals surface area contributed by atoms with Crippen molar-refractivity contribution >= 4 is 6.08 Å². The highest BCUT2D eigenvalue weighted by Crippen LogP contribution is 1.28. The van der Waals surface area contributed by atoms with Crippen molar-refractivity contribution in [2.24, 2.45) is 4.99 Å². The molecule has 0 rings (SSSR count). The lowest BCUT2D eigenvalue weighted by Crippen LogP contribution is -1.38. The van der Waals surface area contributed by atoms with Gasteiger partial charge in [-0.1, -0.05) is 0 Å². The molecular formula is C2H3NO. The largest absolute Gasteiger partial charge is 0.234 e. The number of isocyanates is 1. The molecule has 0 aromatic rings. The van der Waals surface area contributed by atoms with Crippen molar-refractivity contribution in [2.45, 2.75) is 0 Å². The summed E-state index contributed by atoms with van der Waals surface area (Å²) in [6.07, 6.45) is 0.920.